The van der Waals surface area contributed by atoms with Crippen molar-refractivity contribution in [2.24, 2.45) is 51.5 Å². The summed E-state index contributed by atoms with van der Waals surface area (Å²) in [7, 11) is 0. The van der Waals surface area contributed by atoms with Crippen molar-refractivity contribution in [1.29, 1.82) is 0 Å². The van der Waals surface area contributed by atoms with Crippen molar-refractivity contribution in [3.05, 3.63) is 22.1 Å². The van der Waals surface area contributed by atoms with Gasteiger partial charge >= 0.3 is 5.97 Å². The maximum absolute atomic E-state index is 12.0. The number of ether oxygens (including phenoxy) is 1. The van der Waals surface area contributed by atoms with Crippen molar-refractivity contribution < 1.29 is 9.53 Å². The molecule has 4 aliphatic carbocycles. The Hall–Kier alpha value is -1.48. The van der Waals surface area contributed by atoms with Gasteiger partial charge < -0.3 is 4.74 Å². The molecule has 1 unspecified atom stereocenters. The van der Waals surface area contributed by atoms with Crippen molar-refractivity contribution in [1.82, 2.24) is 0 Å². The molecule has 0 aromatic rings. The minimum Gasteiger partial charge on any atom is -0.462 e. The van der Waals surface area contributed by atoms with E-state index >= 15 is 0 Å². The number of allylic oxidation sites excluding steroid dienone is 1. The first-order chi connectivity index (χ1) is 16.2. The van der Waals surface area contributed by atoms with E-state index < -0.39 is 5.97 Å². The summed E-state index contributed by atoms with van der Waals surface area (Å²) in [5.41, 5.74) is 10.8. The Morgan fingerprint density at radius 2 is 1.94 bits per heavy atom. The van der Waals surface area contributed by atoms with Crippen LogP contribution in [0.1, 0.15) is 105 Å². The monoisotopic (exact) mass is 469 g/mol. The van der Waals surface area contributed by atoms with Gasteiger partial charge in [-0.05, 0) is 96.8 Å². The molecule has 8 atom stereocenters. The van der Waals surface area contributed by atoms with Gasteiger partial charge in [0.25, 0.3) is 0 Å². The van der Waals surface area contributed by atoms with Crippen LogP contribution < -0.4 is 0 Å². The predicted octanol–water partition coefficient (Wildman–Crippen LogP) is 8.25. The van der Waals surface area contributed by atoms with E-state index in [2.05, 4.69) is 50.7 Å². The highest BCUT2D eigenvalue weighted by atomic mass is 16.5. The molecular formula is C29H47N3O2. The van der Waals surface area contributed by atoms with Crippen LogP contribution in [0.4, 0.5) is 0 Å². The van der Waals surface area contributed by atoms with E-state index in [-0.39, 0.29) is 18.1 Å². The number of esters is 1. The van der Waals surface area contributed by atoms with Crippen LogP contribution in [0.15, 0.2) is 16.8 Å². The van der Waals surface area contributed by atoms with E-state index in [9.17, 15) is 4.79 Å². The predicted molar refractivity (Wildman–Crippen MR) is 137 cm³/mol. The van der Waals surface area contributed by atoms with Gasteiger partial charge in [0, 0.05) is 11.3 Å². The Morgan fingerprint density at radius 3 is 2.68 bits per heavy atom. The normalized spacial score (nSPS) is 39.8. The van der Waals surface area contributed by atoms with Gasteiger partial charge in [0.1, 0.15) is 12.6 Å². The quantitative estimate of drug-likeness (QED) is 0.118. The molecule has 0 aromatic heterocycles. The number of hydrogen-bond acceptors (Lipinski definition) is 3. The van der Waals surface area contributed by atoms with E-state index in [0.29, 0.717) is 5.41 Å². The summed E-state index contributed by atoms with van der Waals surface area (Å²) in [5.74, 6) is 4.65. The van der Waals surface area contributed by atoms with Crippen LogP contribution in [0.3, 0.4) is 0 Å². The number of carbonyl (C=O) groups excluding carboxylic acids is 1. The van der Waals surface area contributed by atoms with Crippen molar-refractivity contribution in [3.63, 3.8) is 0 Å². The summed E-state index contributed by atoms with van der Waals surface area (Å²) >= 11 is 0. The van der Waals surface area contributed by atoms with E-state index in [0.717, 1.165) is 54.8 Å². The van der Waals surface area contributed by atoms with Crippen LogP contribution in [-0.2, 0) is 9.53 Å². The van der Waals surface area contributed by atoms with E-state index in [1.807, 2.05) is 0 Å². The molecule has 4 rings (SSSR count). The molecule has 0 saturated heterocycles. The third-order valence-electron chi connectivity index (χ3n) is 10.8. The first-order valence-electron chi connectivity index (χ1n) is 14.1. The third-order valence-corrected chi connectivity index (χ3v) is 10.8. The Labute approximate surface area is 207 Å². The molecule has 5 nitrogen and oxygen atoms in total. The highest BCUT2D eigenvalue weighted by Gasteiger charge is 2.59. The van der Waals surface area contributed by atoms with Crippen molar-refractivity contribution in [3.8, 4) is 0 Å². The average Bonchev–Trinajstić information content (AvgIpc) is 3.15. The molecule has 5 heteroatoms. The number of fused-ring (bicyclic) bond motifs is 5. The molecule has 4 aliphatic rings. The molecule has 0 radical (unpaired) electrons. The summed E-state index contributed by atoms with van der Waals surface area (Å²) in [4.78, 5) is 14.6. The second-order valence-corrected chi connectivity index (χ2v) is 13.0. The summed E-state index contributed by atoms with van der Waals surface area (Å²) in [5, 5.41) is 3.36. The molecule has 0 bridgehead atoms. The highest BCUT2D eigenvalue weighted by Crippen LogP contribution is 2.67. The summed E-state index contributed by atoms with van der Waals surface area (Å²) in [6.45, 7) is 12.2. The van der Waals surface area contributed by atoms with Gasteiger partial charge in [0.15, 0.2) is 0 Å². The molecule has 0 amide bonds. The number of carbonyl (C=O) groups is 1. The summed E-state index contributed by atoms with van der Waals surface area (Å²) in [6, 6.07) is 0. The third kappa shape index (κ3) is 4.79. The number of azide groups is 1. The SMILES string of the molecule is CC(C)CCC[C@@H](C)[C@H]1CC[C@H]2[C@@H]3CC=C4CC(OC(=O)CN=[N+]=[N-])CC[C@]4(C)[C@H]3CC[C@]12C. The minimum absolute atomic E-state index is 0.0614. The van der Waals surface area contributed by atoms with Crippen LogP contribution in [0.5, 0.6) is 0 Å². The van der Waals surface area contributed by atoms with Crippen molar-refractivity contribution >= 4 is 5.97 Å². The lowest BCUT2D eigenvalue weighted by Crippen LogP contribution is -2.51. The Kier molecular flexibility index (Phi) is 7.72. The Balaban J connectivity index is 1.43. The maximum atomic E-state index is 12.0. The second-order valence-electron chi connectivity index (χ2n) is 13.0. The lowest BCUT2D eigenvalue weighted by molar-refractivity contribution is -0.149. The lowest BCUT2D eigenvalue weighted by atomic mass is 9.47. The zero-order valence-electron chi connectivity index (χ0n) is 22.3. The zero-order valence-corrected chi connectivity index (χ0v) is 22.3. The Bertz CT molecular complexity index is 831. The van der Waals surface area contributed by atoms with Gasteiger partial charge in [-0.15, -0.1) is 0 Å². The molecule has 0 aromatic carbocycles. The van der Waals surface area contributed by atoms with Gasteiger partial charge in [-0.1, -0.05) is 70.6 Å². The summed E-state index contributed by atoms with van der Waals surface area (Å²) in [6.07, 6.45) is 16.4. The summed E-state index contributed by atoms with van der Waals surface area (Å²) < 4.78 is 5.65. The highest BCUT2D eigenvalue weighted by molar-refractivity contribution is 5.72. The minimum atomic E-state index is -0.395. The molecule has 3 fully saturated rings. The first-order valence-corrected chi connectivity index (χ1v) is 14.1. The molecule has 0 aliphatic heterocycles. The topological polar surface area (TPSA) is 75.1 Å². The number of hydrogen-bond donors (Lipinski definition) is 0. The second kappa shape index (κ2) is 10.2. The molecular weight excluding hydrogens is 422 g/mol. The van der Waals surface area contributed by atoms with Crippen molar-refractivity contribution in [2.45, 2.75) is 111 Å². The van der Waals surface area contributed by atoms with E-state index in [1.54, 1.807) is 0 Å². The number of nitrogens with zero attached hydrogens (tertiary/aromatic N) is 3. The van der Waals surface area contributed by atoms with Gasteiger partial charge in [-0.25, -0.2) is 0 Å². The van der Waals surface area contributed by atoms with Gasteiger partial charge in [-0.3, -0.25) is 4.79 Å². The van der Waals surface area contributed by atoms with Crippen LogP contribution >= 0.6 is 0 Å². The lowest BCUT2D eigenvalue weighted by Gasteiger charge is -2.58. The molecule has 3 saturated carbocycles. The van der Waals surface area contributed by atoms with Crippen LogP contribution in [-0.4, -0.2) is 18.6 Å². The van der Waals surface area contributed by atoms with E-state index in [4.69, 9.17) is 10.3 Å². The van der Waals surface area contributed by atoms with Gasteiger partial charge in [-0.2, -0.15) is 0 Å². The molecule has 190 valence electrons. The van der Waals surface area contributed by atoms with Crippen LogP contribution in [0.25, 0.3) is 10.4 Å². The first kappa shape index (κ1) is 25.6. The maximum Gasteiger partial charge on any atom is 0.311 e. The fraction of sp³-hybridized carbons (Fsp3) is 0.897. The molecule has 0 spiro atoms. The molecule has 0 heterocycles. The molecule has 34 heavy (non-hydrogen) atoms. The van der Waals surface area contributed by atoms with Crippen LogP contribution in [0, 0.1) is 46.3 Å². The smallest absolute Gasteiger partial charge is 0.311 e. The average molecular weight is 470 g/mol. The van der Waals surface area contributed by atoms with Gasteiger partial charge in [0.05, 0.1) is 0 Å². The van der Waals surface area contributed by atoms with E-state index in [1.165, 1.54) is 56.9 Å². The largest absolute Gasteiger partial charge is 0.462 e. The van der Waals surface area contributed by atoms with Crippen LogP contribution in [0.2, 0.25) is 0 Å². The fourth-order valence-corrected chi connectivity index (χ4v) is 9.07. The zero-order chi connectivity index (χ0) is 24.5. The molecule has 0 N–H and O–H groups in total. The fourth-order valence-electron chi connectivity index (χ4n) is 9.07. The van der Waals surface area contributed by atoms with Crippen molar-refractivity contribution in [2.75, 3.05) is 6.54 Å². The number of rotatable bonds is 8. The standard InChI is InChI=1S/C29H47N3O2/c1-19(2)7-6-8-20(3)24-11-12-25-23-10-9-21-17-22(34-27(33)18-31-32-30)13-15-28(21,4)26(23)14-16-29(24,25)5/h9,19-20,22-26H,6-8,10-18H2,1-5H3/t20-,22?,23+,24-,25+,26+,28+,29-/m1/s1. The van der Waals surface area contributed by atoms with Gasteiger partial charge in [0.2, 0.25) is 0 Å². The Morgan fingerprint density at radius 1 is 1.15 bits per heavy atom.